The average Bonchev–Trinajstić information content (AvgIpc) is 2.65. The Bertz CT molecular complexity index is 931. The summed E-state index contributed by atoms with van der Waals surface area (Å²) in [6.07, 6.45) is 0. The summed E-state index contributed by atoms with van der Waals surface area (Å²) in [5.41, 5.74) is 3.23. The first-order chi connectivity index (χ1) is 12.8. The third kappa shape index (κ3) is 4.37. The Morgan fingerprint density at radius 3 is 2.30 bits per heavy atom. The van der Waals surface area contributed by atoms with Crippen molar-refractivity contribution in [2.45, 2.75) is 18.7 Å². The molecule has 0 spiro atoms. The number of anilines is 1. The Labute approximate surface area is 160 Å². The van der Waals surface area contributed by atoms with E-state index in [4.69, 9.17) is 0 Å². The van der Waals surface area contributed by atoms with Crippen molar-refractivity contribution < 1.29 is 18.1 Å². The first-order valence-electron chi connectivity index (χ1n) is 9.07. The number of likely N-dealkylation sites (N-methyl/N-ethyl adjacent to an activating group) is 1. The van der Waals surface area contributed by atoms with Crippen molar-refractivity contribution in [3.63, 3.8) is 0 Å². The molecule has 0 atom stereocenters. The summed E-state index contributed by atoms with van der Waals surface area (Å²) in [5, 5.41) is 2.89. The molecule has 2 N–H and O–H groups in total. The molecule has 0 bridgehead atoms. The summed E-state index contributed by atoms with van der Waals surface area (Å²) in [7, 11) is -1.45. The molecule has 6 nitrogen and oxygen atoms in total. The molecule has 27 heavy (non-hydrogen) atoms. The van der Waals surface area contributed by atoms with Crippen molar-refractivity contribution in [1.29, 1.82) is 0 Å². The second kappa shape index (κ2) is 7.80. The summed E-state index contributed by atoms with van der Waals surface area (Å²) >= 11 is 0. The molecule has 0 aliphatic carbocycles. The molecule has 0 radical (unpaired) electrons. The third-order valence-electron chi connectivity index (χ3n) is 4.97. The maximum Gasteiger partial charge on any atom is 0.255 e. The molecular formula is C20H26N3O3S+. The van der Waals surface area contributed by atoms with Crippen molar-refractivity contribution in [1.82, 2.24) is 4.31 Å². The van der Waals surface area contributed by atoms with Crippen molar-refractivity contribution in [3.8, 4) is 0 Å². The normalized spacial score (nSPS) is 16.3. The van der Waals surface area contributed by atoms with Gasteiger partial charge in [-0.3, -0.25) is 4.79 Å². The van der Waals surface area contributed by atoms with Crippen LogP contribution in [0.25, 0.3) is 0 Å². The highest BCUT2D eigenvalue weighted by Gasteiger charge is 2.29. The zero-order valence-corrected chi connectivity index (χ0v) is 16.8. The van der Waals surface area contributed by atoms with Gasteiger partial charge in [0.15, 0.2) is 0 Å². The second-order valence-electron chi connectivity index (χ2n) is 7.16. The smallest absolute Gasteiger partial charge is 0.255 e. The minimum atomic E-state index is -3.51. The van der Waals surface area contributed by atoms with Gasteiger partial charge in [-0.25, -0.2) is 8.42 Å². The van der Waals surface area contributed by atoms with E-state index in [9.17, 15) is 13.2 Å². The molecule has 7 heteroatoms. The molecule has 1 aliphatic heterocycles. The lowest BCUT2D eigenvalue weighted by atomic mass is 10.1. The van der Waals surface area contributed by atoms with Crippen LogP contribution in [0.1, 0.15) is 21.5 Å². The molecule has 2 aromatic rings. The van der Waals surface area contributed by atoms with Gasteiger partial charge >= 0.3 is 0 Å². The summed E-state index contributed by atoms with van der Waals surface area (Å²) in [6.45, 7) is 6.54. The number of piperazine rings is 1. The number of rotatable bonds is 4. The number of aryl methyl sites for hydroxylation is 2. The van der Waals surface area contributed by atoms with Crippen LogP contribution in [0.2, 0.25) is 0 Å². The van der Waals surface area contributed by atoms with Crippen LogP contribution in [-0.2, 0) is 10.0 Å². The topological polar surface area (TPSA) is 70.9 Å². The van der Waals surface area contributed by atoms with E-state index in [1.54, 1.807) is 12.1 Å². The fraction of sp³-hybridized carbons (Fsp3) is 0.350. The van der Waals surface area contributed by atoms with Crippen LogP contribution in [0.5, 0.6) is 0 Å². The van der Waals surface area contributed by atoms with Gasteiger partial charge in [-0.1, -0.05) is 12.1 Å². The predicted molar refractivity (Wildman–Crippen MR) is 106 cm³/mol. The van der Waals surface area contributed by atoms with Crippen LogP contribution >= 0.6 is 0 Å². The quantitative estimate of drug-likeness (QED) is 0.823. The maximum atomic E-state index is 12.8. The lowest BCUT2D eigenvalue weighted by Gasteiger charge is -2.29. The number of quaternary nitrogens is 1. The fourth-order valence-corrected chi connectivity index (χ4v) is 4.54. The second-order valence-corrected chi connectivity index (χ2v) is 9.10. The van der Waals surface area contributed by atoms with Gasteiger partial charge in [-0.2, -0.15) is 4.31 Å². The summed E-state index contributed by atoms with van der Waals surface area (Å²) in [5.74, 6) is -0.254. The summed E-state index contributed by atoms with van der Waals surface area (Å²) in [6, 6.07) is 12.0. The Balaban J connectivity index is 1.74. The Morgan fingerprint density at radius 1 is 1.04 bits per heavy atom. The fourth-order valence-electron chi connectivity index (χ4n) is 3.10. The Kier molecular flexibility index (Phi) is 5.64. The highest BCUT2D eigenvalue weighted by molar-refractivity contribution is 7.89. The summed E-state index contributed by atoms with van der Waals surface area (Å²) in [4.78, 5) is 14.1. The SMILES string of the molecule is Cc1ccc(C)c(NC(=O)c2ccc(S(=O)(=O)N3CC[NH+](C)CC3)cc2)c1. The van der Waals surface area contributed by atoms with Crippen LogP contribution in [0, 0.1) is 13.8 Å². The van der Waals surface area contributed by atoms with E-state index < -0.39 is 10.0 Å². The van der Waals surface area contributed by atoms with Crippen molar-refractivity contribution in [2.24, 2.45) is 0 Å². The molecule has 144 valence electrons. The highest BCUT2D eigenvalue weighted by Crippen LogP contribution is 2.19. The van der Waals surface area contributed by atoms with Gasteiger partial charge in [0.1, 0.15) is 0 Å². The van der Waals surface area contributed by atoms with E-state index in [2.05, 4.69) is 12.4 Å². The van der Waals surface area contributed by atoms with Crippen molar-refractivity contribution >= 4 is 21.6 Å². The standard InChI is InChI=1S/C20H25N3O3S/c1-15-4-5-16(2)19(14-15)21-20(24)17-6-8-18(9-7-17)27(25,26)23-12-10-22(3)11-13-23/h4-9,14H,10-13H2,1-3H3,(H,21,24)/p+1. The maximum absolute atomic E-state index is 12.8. The number of nitrogens with zero attached hydrogens (tertiary/aromatic N) is 1. The molecule has 1 saturated heterocycles. The monoisotopic (exact) mass is 388 g/mol. The molecule has 1 fully saturated rings. The van der Waals surface area contributed by atoms with E-state index in [1.165, 1.54) is 21.3 Å². The Morgan fingerprint density at radius 2 is 1.67 bits per heavy atom. The number of hydrogen-bond acceptors (Lipinski definition) is 3. The van der Waals surface area contributed by atoms with Crippen LogP contribution < -0.4 is 10.2 Å². The van der Waals surface area contributed by atoms with E-state index in [0.717, 1.165) is 29.9 Å². The Hall–Kier alpha value is -2.22. The van der Waals surface area contributed by atoms with Crippen molar-refractivity contribution in [2.75, 3.05) is 38.5 Å². The predicted octanol–water partition coefficient (Wildman–Crippen LogP) is 1.07. The first kappa shape index (κ1) is 19.5. The minimum Gasteiger partial charge on any atom is -0.335 e. The molecule has 1 heterocycles. The van der Waals surface area contributed by atoms with Gasteiger partial charge in [-0.15, -0.1) is 0 Å². The largest absolute Gasteiger partial charge is 0.335 e. The van der Waals surface area contributed by atoms with Crippen LogP contribution in [0.4, 0.5) is 5.69 Å². The number of carbonyl (C=O) groups is 1. The van der Waals surface area contributed by atoms with Crippen molar-refractivity contribution in [3.05, 3.63) is 59.2 Å². The average molecular weight is 389 g/mol. The van der Waals surface area contributed by atoms with Crippen LogP contribution in [0.3, 0.4) is 0 Å². The molecule has 1 amide bonds. The van der Waals surface area contributed by atoms with Gasteiger partial charge in [0.25, 0.3) is 5.91 Å². The molecular weight excluding hydrogens is 362 g/mol. The van der Waals surface area contributed by atoms with Gasteiger partial charge in [-0.05, 0) is 55.3 Å². The van der Waals surface area contributed by atoms with E-state index in [1.807, 2.05) is 32.0 Å². The molecule has 0 aromatic heterocycles. The van der Waals surface area contributed by atoms with Gasteiger partial charge in [0.05, 0.1) is 38.1 Å². The third-order valence-corrected chi connectivity index (χ3v) is 6.88. The van der Waals surface area contributed by atoms with Gasteiger partial charge in [0, 0.05) is 11.3 Å². The highest BCUT2D eigenvalue weighted by atomic mass is 32.2. The zero-order chi connectivity index (χ0) is 19.6. The van der Waals surface area contributed by atoms with E-state index >= 15 is 0 Å². The van der Waals surface area contributed by atoms with Gasteiger partial charge in [0.2, 0.25) is 10.0 Å². The number of carbonyl (C=O) groups excluding carboxylic acids is 1. The number of benzene rings is 2. The number of hydrogen-bond donors (Lipinski definition) is 2. The minimum absolute atomic E-state index is 0.227. The van der Waals surface area contributed by atoms with E-state index in [0.29, 0.717) is 18.7 Å². The van der Waals surface area contributed by atoms with Crippen LogP contribution in [-0.4, -0.2) is 51.9 Å². The molecule has 0 saturated carbocycles. The number of nitrogens with one attached hydrogen (secondary N) is 2. The number of amides is 1. The number of sulfonamides is 1. The van der Waals surface area contributed by atoms with E-state index in [-0.39, 0.29) is 10.8 Å². The molecule has 0 unspecified atom stereocenters. The lowest BCUT2D eigenvalue weighted by molar-refractivity contribution is -0.883. The summed E-state index contributed by atoms with van der Waals surface area (Å²) < 4.78 is 27.0. The zero-order valence-electron chi connectivity index (χ0n) is 16.0. The molecule has 1 aliphatic rings. The lowest BCUT2D eigenvalue weighted by Crippen LogP contribution is -3.12. The first-order valence-corrected chi connectivity index (χ1v) is 10.5. The molecule has 3 rings (SSSR count). The molecule has 2 aromatic carbocycles. The van der Waals surface area contributed by atoms with Gasteiger partial charge < -0.3 is 10.2 Å². The van der Waals surface area contributed by atoms with Crippen LogP contribution in [0.15, 0.2) is 47.4 Å².